The van der Waals surface area contributed by atoms with E-state index in [2.05, 4.69) is 25.4 Å². The molecule has 150 valence electrons. The summed E-state index contributed by atoms with van der Waals surface area (Å²) in [5.41, 5.74) is 0.715. The molecule has 1 amide bonds. The Morgan fingerprint density at radius 1 is 1.36 bits per heavy atom. The maximum Gasteiger partial charge on any atom is 0.250 e. The molecule has 2 N–H and O–H groups in total. The summed E-state index contributed by atoms with van der Waals surface area (Å²) in [5.74, 6) is 1.60. The zero-order chi connectivity index (χ0) is 19.9. The normalized spacial score (nSPS) is 14.3. The predicted octanol–water partition coefficient (Wildman–Crippen LogP) is 3.51. The average Bonchev–Trinajstić information content (AvgIpc) is 3.17. The SMILES string of the molecule is CCOc1c(Cl)cc(/C=C/C(=O)Nc2nc(N3CCCCC3)n[nH]2)cc1OC. The number of nitrogens with zero attached hydrogens (tertiary/aromatic N) is 3. The van der Waals surface area contributed by atoms with Crippen molar-refractivity contribution in [1.82, 2.24) is 15.2 Å². The molecule has 3 rings (SSSR count). The van der Waals surface area contributed by atoms with Gasteiger partial charge >= 0.3 is 0 Å². The molecular formula is C19H24ClN5O3. The number of aromatic amines is 1. The van der Waals surface area contributed by atoms with Crippen molar-refractivity contribution in [3.8, 4) is 11.5 Å². The van der Waals surface area contributed by atoms with Gasteiger partial charge < -0.3 is 14.4 Å². The van der Waals surface area contributed by atoms with E-state index in [9.17, 15) is 4.79 Å². The van der Waals surface area contributed by atoms with E-state index in [1.165, 1.54) is 19.6 Å². The largest absolute Gasteiger partial charge is 0.493 e. The van der Waals surface area contributed by atoms with Crippen molar-refractivity contribution in [2.24, 2.45) is 0 Å². The number of carbonyl (C=O) groups is 1. The molecule has 0 saturated carbocycles. The second-order valence-electron chi connectivity index (χ2n) is 6.32. The van der Waals surface area contributed by atoms with Gasteiger partial charge in [0.1, 0.15) is 0 Å². The Balaban J connectivity index is 1.64. The number of piperidine rings is 1. The van der Waals surface area contributed by atoms with Crippen LogP contribution in [-0.4, -0.2) is 47.9 Å². The molecule has 1 aliphatic heterocycles. The number of nitrogens with one attached hydrogen (secondary N) is 2. The number of anilines is 2. The molecule has 0 bridgehead atoms. The molecule has 1 aromatic carbocycles. The first-order valence-electron chi connectivity index (χ1n) is 9.27. The molecule has 28 heavy (non-hydrogen) atoms. The fourth-order valence-electron chi connectivity index (χ4n) is 2.99. The second kappa shape index (κ2) is 9.45. The van der Waals surface area contributed by atoms with Crippen molar-refractivity contribution in [2.45, 2.75) is 26.2 Å². The molecule has 1 fully saturated rings. The zero-order valence-corrected chi connectivity index (χ0v) is 16.8. The highest BCUT2D eigenvalue weighted by Gasteiger charge is 2.16. The molecule has 0 spiro atoms. The third-order valence-electron chi connectivity index (χ3n) is 4.32. The topological polar surface area (TPSA) is 92.4 Å². The third kappa shape index (κ3) is 4.95. The van der Waals surface area contributed by atoms with Gasteiger partial charge in [-0.25, -0.2) is 5.10 Å². The number of halogens is 1. The molecule has 1 aromatic heterocycles. The number of aromatic nitrogens is 3. The van der Waals surface area contributed by atoms with Crippen LogP contribution in [0.3, 0.4) is 0 Å². The van der Waals surface area contributed by atoms with E-state index in [0.29, 0.717) is 40.6 Å². The number of methoxy groups -OCH3 is 1. The minimum atomic E-state index is -0.328. The first-order valence-corrected chi connectivity index (χ1v) is 9.65. The Labute approximate surface area is 168 Å². The molecule has 0 atom stereocenters. The van der Waals surface area contributed by atoms with Gasteiger partial charge in [0, 0.05) is 19.2 Å². The summed E-state index contributed by atoms with van der Waals surface area (Å²) < 4.78 is 10.8. The zero-order valence-electron chi connectivity index (χ0n) is 16.0. The lowest BCUT2D eigenvalue weighted by Gasteiger charge is -2.24. The van der Waals surface area contributed by atoms with E-state index in [4.69, 9.17) is 21.1 Å². The van der Waals surface area contributed by atoms with Crippen LogP contribution in [0.2, 0.25) is 5.02 Å². The smallest absolute Gasteiger partial charge is 0.250 e. The van der Waals surface area contributed by atoms with Crippen molar-refractivity contribution in [3.63, 3.8) is 0 Å². The van der Waals surface area contributed by atoms with Gasteiger partial charge in [-0.3, -0.25) is 10.1 Å². The van der Waals surface area contributed by atoms with Crippen molar-refractivity contribution < 1.29 is 14.3 Å². The standard InChI is InChI=1S/C19H24ClN5O3/c1-3-28-17-14(20)11-13(12-15(17)27-2)7-8-16(26)21-18-22-19(24-23-18)25-9-5-4-6-10-25/h7-8,11-12H,3-6,9-10H2,1-2H3,(H2,21,22,23,24,26)/b8-7+. The van der Waals surface area contributed by atoms with E-state index in [0.717, 1.165) is 25.9 Å². The van der Waals surface area contributed by atoms with Gasteiger partial charge in [0.2, 0.25) is 11.9 Å². The number of amides is 1. The number of ether oxygens (including phenoxy) is 2. The first kappa shape index (κ1) is 20.0. The van der Waals surface area contributed by atoms with Crippen molar-refractivity contribution in [3.05, 3.63) is 28.8 Å². The summed E-state index contributed by atoms with van der Waals surface area (Å²) in [5, 5.41) is 10.0. The summed E-state index contributed by atoms with van der Waals surface area (Å²) in [6.07, 6.45) is 6.53. The Morgan fingerprint density at radius 3 is 2.86 bits per heavy atom. The number of benzene rings is 1. The number of hydrogen-bond acceptors (Lipinski definition) is 6. The van der Waals surface area contributed by atoms with E-state index >= 15 is 0 Å². The highest BCUT2D eigenvalue weighted by Crippen LogP contribution is 2.36. The predicted molar refractivity (Wildman–Crippen MR) is 109 cm³/mol. The van der Waals surface area contributed by atoms with Gasteiger partial charge in [-0.1, -0.05) is 11.6 Å². The fourth-order valence-corrected chi connectivity index (χ4v) is 3.27. The molecule has 0 radical (unpaired) electrons. The summed E-state index contributed by atoms with van der Waals surface area (Å²) in [6, 6.07) is 3.46. The third-order valence-corrected chi connectivity index (χ3v) is 4.60. The van der Waals surface area contributed by atoms with Crippen LogP contribution in [0.15, 0.2) is 18.2 Å². The highest BCUT2D eigenvalue weighted by atomic mass is 35.5. The molecule has 1 aliphatic rings. The number of carbonyl (C=O) groups excluding carboxylic acids is 1. The lowest BCUT2D eigenvalue weighted by Crippen LogP contribution is -2.30. The summed E-state index contributed by atoms with van der Waals surface area (Å²) in [6.45, 7) is 4.22. The van der Waals surface area contributed by atoms with Crippen molar-refractivity contribution >= 4 is 35.5 Å². The van der Waals surface area contributed by atoms with Gasteiger partial charge in [-0.15, -0.1) is 5.10 Å². The van der Waals surface area contributed by atoms with E-state index in [1.807, 2.05) is 6.92 Å². The lowest BCUT2D eigenvalue weighted by molar-refractivity contribution is -0.111. The lowest BCUT2D eigenvalue weighted by atomic mass is 10.1. The highest BCUT2D eigenvalue weighted by molar-refractivity contribution is 6.32. The van der Waals surface area contributed by atoms with Crippen LogP contribution < -0.4 is 19.7 Å². The number of hydrogen-bond donors (Lipinski definition) is 2. The summed E-state index contributed by atoms with van der Waals surface area (Å²) in [7, 11) is 1.54. The summed E-state index contributed by atoms with van der Waals surface area (Å²) >= 11 is 6.25. The van der Waals surface area contributed by atoms with E-state index in [1.54, 1.807) is 18.2 Å². The van der Waals surface area contributed by atoms with Gasteiger partial charge in [0.15, 0.2) is 11.5 Å². The number of rotatable bonds is 7. The average molecular weight is 406 g/mol. The Kier molecular flexibility index (Phi) is 6.76. The van der Waals surface area contributed by atoms with Crippen LogP contribution in [0, 0.1) is 0 Å². The Bertz CT molecular complexity index is 846. The van der Waals surface area contributed by atoms with Crippen LogP contribution >= 0.6 is 11.6 Å². The Morgan fingerprint density at radius 2 is 2.14 bits per heavy atom. The molecule has 8 nitrogen and oxygen atoms in total. The number of H-pyrrole nitrogens is 1. The second-order valence-corrected chi connectivity index (χ2v) is 6.73. The van der Waals surface area contributed by atoms with Crippen LogP contribution in [0.25, 0.3) is 6.08 Å². The monoisotopic (exact) mass is 405 g/mol. The first-order chi connectivity index (χ1) is 13.6. The maximum absolute atomic E-state index is 12.2. The Hall–Kier alpha value is -2.74. The minimum Gasteiger partial charge on any atom is -0.493 e. The van der Waals surface area contributed by atoms with Crippen molar-refractivity contribution in [2.75, 3.05) is 37.0 Å². The van der Waals surface area contributed by atoms with Crippen LogP contribution in [0.5, 0.6) is 11.5 Å². The van der Waals surface area contributed by atoms with Crippen molar-refractivity contribution in [1.29, 1.82) is 0 Å². The molecule has 0 aliphatic carbocycles. The van der Waals surface area contributed by atoms with E-state index in [-0.39, 0.29) is 5.91 Å². The van der Waals surface area contributed by atoms with Gasteiger partial charge in [-0.2, -0.15) is 4.98 Å². The van der Waals surface area contributed by atoms with Crippen LogP contribution in [0.4, 0.5) is 11.9 Å². The van der Waals surface area contributed by atoms with Crippen LogP contribution in [-0.2, 0) is 4.79 Å². The minimum absolute atomic E-state index is 0.317. The molecule has 2 aromatic rings. The molecule has 2 heterocycles. The fraction of sp³-hybridized carbons (Fsp3) is 0.421. The molecule has 0 unspecified atom stereocenters. The van der Waals surface area contributed by atoms with Crippen LogP contribution in [0.1, 0.15) is 31.7 Å². The van der Waals surface area contributed by atoms with Gasteiger partial charge in [-0.05, 0) is 50.0 Å². The molecule has 9 heteroatoms. The van der Waals surface area contributed by atoms with E-state index < -0.39 is 0 Å². The maximum atomic E-state index is 12.2. The molecule has 1 saturated heterocycles. The summed E-state index contributed by atoms with van der Waals surface area (Å²) in [4.78, 5) is 18.6. The van der Waals surface area contributed by atoms with Gasteiger partial charge in [0.05, 0.1) is 18.7 Å². The quantitative estimate of drug-likeness (QED) is 0.685. The van der Waals surface area contributed by atoms with Gasteiger partial charge in [0.25, 0.3) is 5.91 Å². The molecular weight excluding hydrogens is 382 g/mol.